The van der Waals surface area contributed by atoms with Crippen LogP contribution >= 0.6 is 11.6 Å². The summed E-state index contributed by atoms with van der Waals surface area (Å²) in [6, 6.07) is 9.32. The van der Waals surface area contributed by atoms with E-state index in [-0.39, 0.29) is 5.69 Å². The SMILES string of the molecule is COc1cc(NC(=O)c2cnn(-c3ccccc3F)c2C)c(OC)cc1Cl. The van der Waals surface area contributed by atoms with E-state index in [2.05, 4.69) is 10.4 Å². The molecule has 0 spiro atoms. The predicted molar refractivity (Wildman–Crippen MR) is 101 cm³/mol. The van der Waals surface area contributed by atoms with E-state index in [0.717, 1.165) is 0 Å². The van der Waals surface area contributed by atoms with Crippen LogP contribution in [0.25, 0.3) is 5.69 Å². The topological polar surface area (TPSA) is 65.4 Å². The highest BCUT2D eigenvalue weighted by Gasteiger charge is 2.19. The first kappa shape index (κ1) is 18.7. The molecule has 27 heavy (non-hydrogen) atoms. The van der Waals surface area contributed by atoms with E-state index in [1.54, 1.807) is 37.3 Å². The molecule has 1 aromatic heterocycles. The maximum Gasteiger partial charge on any atom is 0.259 e. The van der Waals surface area contributed by atoms with Gasteiger partial charge < -0.3 is 14.8 Å². The van der Waals surface area contributed by atoms with Crippen LogP contribution in [0.15, 0.2) is 42.6 Å². The van der Waals surface area contributed by atoms with Crippen LogP contribution in [0.3, 0.4) is 0 Å². The second-order valence-corrected chi connectivity index (χ2v) is 6.06. The molecule has 8 heteroatoms. The number of nitrogens with one attached hydrogen (secondary N) is 1. The second kappa shape index (κ2) is 7.67. The van der Waals surface area contributed by atoms with Gasteiger partial charge in [0, 0.05) is 12.1 Å². The van der Waals surface area contributed by atoms with Crippen LogP contribution in [0.4, 0.5) is 10.1 Å². The predicted octanol–water partition coefficient (Wildman–Crippen LogP) is 4.24. The van der Waals surface area contributed by atoms with E-state index < -0.39 is 11.7 Å². The standard InChI is InChI=1S/C19H17ClFN3O3/c1-11-12(10-22-24(11)16-7-5-4-6-14(16)21)19(25)23-15-9-17(26-2)13(20)8-18(15)27-3/h4-10H,1-3H3,(H,23,25). The summed E-state index contributed by atoms with van der Waals surface area (Å²) in [7, 11) is 2.94. The number of nitrogens with zero attached hydrogens (tertiary/aromatic N) is 2. The highest BCUT2D eigenvalue weighted by molar-refractivity contribution is 6.32. The highest BCUT2D eigenvalue weighted by atomic mass is 35.5. The minimum atomic E-state index is -0.431. The van der Waals surface area contributed by atoms with Gasteiger partial charge in [-0.3, -0.25) is 4.79 Å². The smallest absolute Gasteiger partial charge is 0.259 e. The third kappa shape index (κ3) is 3.59. The van der Waals surface area contributed by atoms with Crippen molar-refractivity contribution in [3.8, 4) is 17.2 Å². The van der Waals surface area contributed by atoms with Crippen LogP contribution in [-0.4, -0.2) is 29.9 Å². The Kier molecular flexibility index (Phi) is 5.32. The van der Waals surface area contributed by atoms with Gasteiger partial charge >= 0.3 is 0 Å². The normalized spacial score (nSPS) is 10.6. The monoisotopic (exact) mass is 389 g/mol. The van der Waals surface area contributed by atoms with Crippen molar-refractivity contribution >= 4 is 23.2 Å². The lowest BCUT2D eigenvalue weighted by molar-refractivity contribution is 0.102. The van der Waals surface area contributed by atoms with Gasteiger partial charge in [-0.05, 0) is 19.1 Å². The number of halogens is 2. The zero-order valence-electron chi connectivity index (χ0n) is 14.9. The van der Waals surface area contributed by atoms with Crippen molar-refractivity contribution in [2.75, 3.05) is 19.5 Å². The molecule has 6 nitrogen and oxygen atoms in total. The third-order valence-electron chi connectivity index (χ3n) is 4.06. The summed E-state index contributed by atoms with van der Waals surface area (Å²) in [5, 5.41) is 7.25. The van der Waals surface area contributed by atoms with E-state index in [9.17, 15) is 9.18 Å². The van der Waals surface area contributed by atoms with Crippen LogP contribution in [-0.2, 0) is 0 Å². The van der Waals surface area contributed by atoms with Crippen molar-refractivity contribution < 1.29 is 18.7 Å². The van der Waals surface area contributed by atoms with Gasteiger partial charge in [-0.2, -0.15) is 5.10 Å². The molecule has 0 saturated heterocycles. The minimum absolute atomic E-state index is 0.264. The summed E-state index contributed by atoms with van der Waals surface area (Å²) < 4.78 is 25.8. The molecule has 0 aliphatic carbocycles. The Morgan fingerprint density at radius 2 is 1.89 bits per heavy atom. The summed E-state index contributed by atoms with van der Waals surface area (Å²) in [5.41, 5.74) is 1.45. The first-order valence-electron chi connectivity index (χ1n) is 7.98. The van der Waals surface area contributed by atoms with E-state index >= 15 is 0 Å². The maximum absolute atomic E-state index is 14.0. The Morgan fingerprint density at radius 3 is 2.56 bits per heavy atom. The molecule has 0 bridgehead atoms. The van der Waals surface area contributed by atoms with Gasteiger partial charge in [0.25, 0.3) is 5.91 Å². The lowest BCUT2D eigenvalue weighted by Gasteiger charge is -2.13. The Morgan fingerprint density at radius 1 is 1.19 bits per heavy atom. The maximum atomic E-state index is 14.0. The summed E-state index contributed by atoms with van der Waals surface area (Å²) in [4.78, 5) is 12.7. The van der Waals surface area contributed by atoms with Crippen LogP contribution in [0.5, 0.6) is 11.5 Å². The number of para-hydroxylation sites is 1. The number of methoxy groups -OCH3 is 2. The number of hydrogen-bond acceptors (Lipinski definition) is 4. The van der Waals surface area contributed by atoms with Gasteiger partial charge in [0.05, 0.1) is 42.4 Å². The molecule has 3 rings (SSSR count). The van der Waals surface area contributed by atoms with Crippen molar-refractivity contribution in [3.63, 3.8) is 0 Å². The molecule has 0 aliphatic heterocycles. The molecule has 2 aromatic carbocycles. The molecule has 0 unspecified atom stereocenters. The Labute approximate surface area is 160 Å². The molecular formula is C19H17ClFN3O3. The molecule has 0 radical (unpaired) electrons. The highest BCUT2D eigenvalue weighted by Crippen LogP contribution is 2.36. The molecule has 0 fully saturated rings. The van der Waals surface area contributed by atoms with E-state index in [4.69, 9.17) is 21.1 Å². The second-order valence-electron chi connectivity index (χ2n) is 5.65. The van der Waals surface area contributed by atoms with Gasteiger partial charge in [-0.25, -0.2) is 9.07 Å². The van der Waals surface area contributed by atoms with E-state index in [1.165, 1.54) is 31.2 Å². The molecule has 140 valence electrons. The average Bonchev–Trinajstić information content (AvgIpc) is 3.04. The largest absolute Gasteiger partial charge is 0.495 e. The van der Waals surface area contributed by atoms with Crippen LogP contribution in [0.2, 0.25) is 5.02 Å². The van der Waals surface area contributed by atoms with Gasteiger partial charge in [-0.15, -0.1) is 0 Å². The fourth-order valence-corrected chi connectivity index (χ4v) is 2.88. The number of carbonyl (C=O) groups is 1. The number of ether oxygens (including phenoxy) is 2. The van der Waals surface area contributed by atoms with Crippen molar-refractivity contribution in [1.29, 1.82) is 0 Å². The van der Waals surface area contributed by atoms with Crippen LogP contribution in [0, 0.1) is 12.7 Å². The van der Waals surface area contributed by atoms with Gasteiger partial charge in [0.1, 0.15) is 23.0 Å². The molecule has 1 amide bonds. The zero-order chi connectivity index (χ0) is 19.6. The molecule has 1 N–H and O–H groups in total. The molecule has 1 heterocycles. The van der Waals surface area contributed by atoms with Crippen molar-refractivity contribution in [3.05, 3.63) is 64.7 Å². The van der Waals surface area contributed by atoms with Crippen LogP contribution in [0.1, 0.15) is 16.1 Å². The average molecular weight is 390 g/mol. The van der Waals surface area contributed by atoms with Crippen molar-refractivity contribution in [2.24, 2.45) is 0 Å². The number of rotatable bonds is 5. The summed E-state index contributed by atoms with van der Waals surface area (Å²) >= 11 is 6.08. The first-order chi connectivity index (χ1) is 13.0. The fourth-order valence-electron chi connectivity index (χ4n) is 2.65. The van der Waals surface area contributed by atoms with E-state index in [0.29, 0.717) is 33.5 Å². The summed E-state index contributed by atoms with van der Waals surface area (Å²) in [6.45, 7) is 1.69. The number of carbonyl (C=O) groups excluding carboxylic acids is 1. The first-order valence-corrected chi connectivity index (χ1v) is 8.36. The van der Waals surface area contributed by atoms with Gasteiger partial charge in [0.2, 0.25) is 0 Å². The molecule has 0 saturated carbocycles. The number of benzene rings is 2. The fraction of sp³-hybridized carbons (Fsp3) is 0.158. The van der Waals surface area contributed by atoms with Crippen molar-refractivity contribution in [2.45, 2.75) is 6.92 Å². The number of hydrogen-bond donors (Lipinski definition) is 1. The number of anilines is 1. The van der Waals surface area contributed by atoms with E-state index in [1.807, 2.05) is 0 Å². The van der Waals surface area contributed by atoms with Crippen molar-refractivity contribution in [1.82, 2.24) is 9.78 Å². The van der Waals surface area contributed by atoms with Gasteiger partial charge in [0.15, 0.2) is 0 Å². The number of amides is 1. The summed E-state index contributed by atoms with van der Waals surface area (Å²) in [5.74, 6) is -0.0719. The lowest BCUT2D eigenvalue weighted by atomic mass is 10.2. The van der Waals surface area contributed by atoms with Crippen LogP contribution < -0.4 is 14.8 Å². The lowest BCUT2D eigenvalue weighted by Crippen LogP contribution is -2.14. The Hall–Kier alpha value is -3.06. The molecule has 0 aliphatic rings. The molecule has 3 aromatic rings. The number of aromatic nitrogens is 2. The zero-order valence-corrected chi connectivity index (χ0v) is 15.7. The Bertz CT molecular complexity index is 1000. The van der Waals surface area contributed by atoms with Gasteiger partial charge in [-0.1, -0.05) is 23.7 Å². The quantitative estimate of drug-likeness (QED) is 0.708. The minimum Gasteiger partial charge on any atom is -0.495 e. The molecule has 0 atom stereocenters. The summed E-state index contributed by atoms with van der Waals surface area (Å²) in [6.07, 6.45) is 1.39. The Balaban J connectivity index is 1.93. The molecular weight excluding hydrogens is 373 g/mol. The third-order valence-corrected chi connectivity index (χ3v) is 4.35.